The van der Waals surface area contributed by atoms with Crippen LogP contribution in [0.3, 0.4) is 0 Å². The highest BCUT2D eigenvalue weighted by Gasteiger charge is 2.08. The third kappa shape index (κ3) is 4.42. The van der Waals surface area contributed by atoms with Crippen molar-refractivity contribution in [2.24, 2.45) is 0 Å². The van der Waals surface area contributed by atoms with E-state index in [9.17, 15) is 9.18 Å². The molecule has 0 bridgehead atoms. The predicted octanol–water partition coefficient (Wildman–Crippen LogP) is 2.58. The minimum atomic E-state index is -0.471. The molecule has 1 aromatic heterocycles. The highest BCUT2D eigenvalue weighted by atomic mass is 32.1. The van der Waals surface area contributed by atoms with Gasteiger partial charge in [0.1, 0.15) is 5.01 Å². The average molecular weight is 309 g/mol. The van der Waals surface area contributed by atoms with E-state index >= 15 is 0 Å². The minimum Gasteiger partial charge on any atom is -0.466 e. The van der Waals surface area contributed by atoms with Crippen LogP contribution >= 0.6 is 11.3 Å². The molecule has 0 unspecified atom stereocenters. The summed E-state index contributed by atoms with van der Waals surface area (Å²) in [5, 5.41) is 5.12. The van der Waals surface area contributed by atoms with Gasteiger partial charge in [-0.2, -0.15) is 4.39 Å². The fourth-order valence-corrected chi connectivity index (χ4v) is 2.36. The molecule has 21 heavy (non-hydrogen) atoms. The van der Waals surface area contributed by atoms with E-state index in [1.54, 1.807) is 19.1 Å². The second kappa shape index (κ2) is 7.03. The quantitative estimate of drug-likeness (QED) is 0.633. The number of hydrogen-bond acceptors (Lipinski definition) is 6. The molecule has 1 heterocycles. The number of esters is 1. The predicted molar refractivity (Wildman–Crippen MR) is 80.6 cm³/mol. The normalized spacial score (nSPS) is 10.4. The summed E-state index contributed by atoms with van der Waals surface area (Å²) in [6, 6.07) is 5.32. The molecule has 0 atom stereocenters. The molecule has 0 radical (unpaired) electrons. The van der Waals surface area contributed by atoms with Crippen molar-refractivity contribution in [2.45, 2.75) is 19.9 Å². The Kier molecular flexibility index (Phi) is 5.10. The zero-order valence-corrected chi connectivity index (χ0v) is 12.4. The summed E-state index contributed by atoms with van der Waals surface area (Å²) in [5.41, 5.74) is 7.94. The van der Waals surface area contributed by atoms with Gasteiger partial charge < -0.3 is 15.8 Å². The number of anilines is 2. The van der Waals surface area contributed by atoms with E-state index in [4.69, 9.17) is 10.5 Å². The Morgan fingerprint density at radius 3 is 2.95 bits per heavy atom. The number of hydrogen-bond donors (Lipinski definition) is 2. The lowest BCUT2D eigenvalue weighted by molar-refractivity contribution is -0.142. The van der Waals surface area contributed by atoms with Gasteiger partial charge in [-0.3, -0.25) is 4.79 Å². The first-order valence-corrected chi connectivity index (χ1v) is 7.34. The maximum Gasteiger partial charge on any atom is 0.310 e. The SMILES string of the molecule is CCOC(=O)Cc1ccc(NCc2nc(F)cs2)cc1N. The van der Waals surface area contributed by atoms with Gasteiger partial charge in [0, 0.05) is 16.8 Å². The van der Waals surface area contributed by atoms with Crippen LogP contribution in [0, 0.1) is 5.95 Å². The minimum absolute atomic E-state index is 0.150. The van der Waals surface area contributed by atoms with E-state index in [2.05, 4.69) is 10.3 Å². The number of nitrogens with zero attached hydrogens (tertiary/aromatic N) is 1. The smallest absolute Gasteiger partial charge is 0.310 e. The van der Waals surface area contributed by atoms with Gasteiger partial charge in [-0.15, -0.1) is 11.3 Å². The van der Waals surface area contributed by atoms with Crippen LogP contribution < -0.4 is 11.1 Å². The number of halogens is 1. The van der Waals surface area contributed by atoms with E-state index < -0.39 is 5.95 Å². The lowest BCUT2D eigenvalue weighted by Gasteiger charge is -2.09. The van der Waals surface area contributed by atoms with Gasteiger partial charge in [0.2, 0.25) is 5.95 Å². The molecule has 0 aliphatic heterocycles. The van der Waals surface area contributed by atoms with Crippen LogP contribution in [0.2, 0.25) is 0 Å². The van der Waals surface area contributed by atoms with Gasteiger partial charge in [-0.1, -0.05) is 6.07 Å². The first-order chi connectivity index (χ1) is 10.1. The maximum atomic E-state index is 12.8. The lowest BCUT2D eigenvalue weighted by atomic mass is 10.1. The zero-order chi connectivity index (χ0) is 15.2. The summed E-state index contributed by atoms with van der Waals surface area (Å²) in [5.74, 6) is -0.774. The van der Waals surface area contributed by atoms with E-state index in [0.717, 1.165) is 11.3 Å². The van der Waals surface area contributed by atoms with Gasteiger partial charge in [0.05, 0.1) is 19.6 Å². The molecule has 0 aliphatic carbocycles. The molecule has 0 spiro atoms. The van der Waals surface area contributed by atoms with Gasteiger partial charge >= 0.3 is 5.97 Å². The van der Waals surface area contributed by atoms with Gasteiger partial charge in [0.25, 0.3) is 0 Å². The van der Waals surface area contributed by atoms with Crippen LogP contribution in [0.1, 0.15) is 17.5 Å². The number of nitrogen functional groups attached to an aromatic ring is 1. The van der Waals surface area contributed by atoms with Crippen molar-refractivity contribution in [3.05, 3.63) is 40.1 Å². The van der Waals surface area contributed by atoms with Crippen molar-refractivity contribution in [1.82, 2.24) is 4.98 Å². The molecule has 0 fully saturated rings. The second-order valence-corrected chi connectivity index (χ2v) is 5.26. The summed E-state index contributed by atoms with van der Waals surface area (Å²) in [7, 11) is 0. The van der Waals surface area contributed by atoms with Gasteiger partial charge in [-0.05, 0) is 24.6 Å². The molecule has 1 aromatic carbocycles. The van der Waals surface area contributed by atoms with Crippen LogP contribution in [0.15, 0.2) is 23.6 Å². The molecule has 7 heteroatoms. The Labute approximate surface area is 126 Å². The standard InChI is InChI=1S/C14H16FN3O2S/c1-2-20-14(19)5-9-3-4-10(6-11(9)16)17-7-13-18-12(15)8-21-13/h3-4,6,8,17H,2,5,7,16H2,1H3. The summed E-state index contributed by atoms with van der Waals surface area (Å²) >= 11 is 1.25. The first-order valence-electron chi connectivity index (χ1n) is 6.46. The molecule has 0 saturated carbocycles. The molecule has 0 aliphatic rings. The topological polar surface area (TPSA) is 77.2 Å². The average Bonchev–Trinajstić information content (AvgIpc) is 2.85. The van der Waals surface area contributed by atoms with E-state index in [0.29, 0.717) is 23.8 Å². The zero-order valence-electron chi connectivity index (χ0n) is 11.6. The number of benzene rings is 1. The number of nitrogens with one attached hydrogen (secondary N) is 1. The van der Waals surface area contributed by atoms with Crippen molar-refractivity contribution in [3.63, 3.8) is 0 Å². The van der Waals surface area contributed by atoms with Crippen molar-refractivity contribution in [3.8, 4) is 0 Å². The molecule has 0 saturated heterocycles. The summed E-state index contributed by atoms with van der Waals surface area (Å²) in [4.78, 5) is 15.1. The van der Waals surface area contributed by atoms with Crippen molar-refractivity contribution < 1.29 is 13.9 Å². The van der Waals surface area contributed by atoms with Crippen molar-refractivity contribution >= 4 is 28.7 Å². The number of aromatic nitrogens is 1. The van der Waals surface area contributed by atoms with Crippen LogP contribution in [0.25, 0.3) is 0 Å². The molecule has 112 valence electrons. The van der Waals surface area contributed by atoms with E-state index in [-0.39, 0.29) is 12.4 Å². The summed E-state index contributed by atoms with van der Waals surface area (Å²) in [6.45, 7) is 2.53. The van der Waals surface area contributed by atoms with Gasteiger partial charge in [0.15, 0.2) is 0 Å². The molecule has 2 rings (SSSR count). The molecular weight excluding hydrogens is 293 g/mol. The molecule has 2 aromatic rings. The highest BCUT2D eigenvalue weighted by Crippen LogP contribution is 2.20. The number of rotatable bonds is 6. The number of carbonyl (C=O) groups is 1. The first kappa shape index (κ1) is 15.2. The Morgan fingerprint density at radius 2 is 2.33 bits per heavy atom. The monoisotopic (exact) mass is 309 g/mol. The van der Waals surface area contributed by atoms with Crippen molar-refractivity contribution in [2.75, 3.05) is 17.7 Å². The molecule has 3 N–H and O–H groups in total. The fourth-order valence-electron chi connectivity index (χ4n) is 1.78. The molecule has 0 amide bonds. The second-order valence-electron chi connectivity index (χ2n) is 4.31. The van der Waals surface area contributed by atoms with Gasteiger partial charge in [-0.25, -0.2) is 4.98 Å². The number of nitrogens with two attached hydrogens (primary N) is 1. The Balaban J connectivity index is 1.96. The third-order valence-electron chi connectivity index (χ3n) is 2.75. The summed E-state index contributed by atoms with van der Waals surface area (Å²) < 4.78 is 17.6. The van der Waals surface area contributed by atoms with Crippen LogP contribution in [0.5, 0.6) is 0 Å². The third-order valence-corrected chi connectivity index (χ3v) is 3.57. The molecular formula is C14H16FN3O2S. The van der Waals surface area contributed by atoms with Crippen LogP contribution in [0.4, 0.5) is 15.8 Å². The van der Waals surface area contributed by atoms with Crippen LogP contribution in [-0.4, -0.2) is 17.6 Å². The molecule has 5 nitrogen and oxygen atoms in total. The number of carbonyl (C=O) groups excluding carboxylic acids is 1. The fraction of sp³-hybridized carbons (Fsp3) is 0.286. The van der Waals surface area contributed by atoms with Crippen LogP contribution in [-0.2, 0) is 22.5 Å². The number of thiazole rings is 1. The Morgan fingerprint density at radius 1 is 1.52 bits per heavy atom. The highest BCUT2D eigenvalue weighted by molar-refractivity contribution is 7.09. The Bertz CT molecular complexity index is 630. The number of ether oxygens (including phenoxy) is 1. The maximum absolute atomic E-state index is 12.8. The summed E-state index contributed by atoms with van der Waals surface area (Å²) in [6.07, 6.45) is 0.150. The Hall–Kier alpha value is -2.15. The lowest BCUT2D eigenvalue weighted by Crippen LogP contribution is -2.09. The van der Waals surface area contributed by atoms with Crippen molar-refractivity contribution in [1.29, 1.82) is 0 Å². The van der Waals surface area contributed by atoms with E-state index in [1.165, 1.54) is 16.7 Å². The largest absolute Gasteiger partial charge is 0.466 e. The van der Waals surface area contributed by atoms with E-state index in [1.807, 2.05) is 6.07 Å².